The first-order valence-electron chi connectivity index (χ1n) is 10.1. The Balaban J connectivity index is 1.32. The van der Waals surface area contributed by atoms with Crippen molar-refractivity contribution in [2.24, 2.45) is 5.92 Å². The third-order valence-electron chi connectivity index (χ3n) is 5.54. The average molecular weight is 461 g/mol. The van der Waals surface area contributed by atoms with Gasteiger partial charge >= 0.3 is 6.01 Å². The van der Waals surface area contributed by atoms with Crippen LogP contribution >= 0.6 is 11.3 Å². The van der Waals surface area contributed by atoms with Gasteiger partial charge in [-0.05, 0) is 54.8 Å². The lowest BCUT2D eigenvalue weighted by atomic mass is 9.97. The van der Waals surface area contributed by atoms with Crippen LogP contribution < -0.4 is 5.32 Å². The standard InChI is InChI=1S/C21H24N4O4S2/c1-14-5-6-16(12-15(14)2)13-18-23-24-21(29-18)22-20(26)17-7-9-25(10-8-17)31(27,28)19-4-3-11-30-19/h3-6,11-12,17H,7-10,13H2,1-2H3,(H,22,24,26). The minimum Gasteiger partial charge on any atom is -0.407 e. The molecule has 4 rings (SSSR count). The van der Waals surface area contributed by atoms with Gasteiger partial charge in [0.1, 0.15) is 4.21 Å². The second-order valence-corrected chi connectivity index (χ2v) is 10.8. The maximum Gasteiger partial charge on any atom is 0.322 e. The molecule has 1 amide bonds. The predicted molar refractivity (Wildman–Crippen MR) is 117 cm³/mol. The van der Waals surface area contributed by atoms with Crippen molar-refractivity contribution in [2.45, 2.75) is 37.3 Å². The molecule has 8 nitrogen and oxygen atoms in total. The van der Waals surface area contributed by atoms with Crippen LogP contribution in [0.3, 0.4) is 0 Å². The van der Waals surface area contributed by atoms with Crippen molar-refractivity contribution in [1.29, 1.82) is 0 Å². The van der Waals surface area contributed by atoms with E-state index in [0.717, 1.165) is 5.56 Å². The number of aryl methyl sites for hydroxylation is 2. The topological polar surface area (TPSA) is 105 Å². The van der Waals surface area contributed by atoms with E-state index in [1.165, 1.54) is 26.8 Å². The van der Waals surface area contributed by atoms with E-state index in [1.54, 1.807) is 17.5 Å². The summed E-state index contributed by atoms with van der Waals surface area (Å²) in [6.07, 6.45) is 1.38. The lowest BCUT2D eigenvalue weighted by Gasteiger charge is -2.29. The van der Waals surface area contributed by atoms with Crippen molar-refractivity contribution in [2.75, 3.05) is 18.4 Å². The smallest absolute Gasteiger partial charge is 0.322 e. The summed E-state index contributed by atoms with van der Waals surface area (Å²) in [6, 6.07) is 9.53. The van der Waals surface area contributed by atoms with Crippen LogP contribution in [0.4, 0.5) is 6.01 Å². The normalized spacial score (nSPS) is 15.8. The Hall–Kier alpha value is -2.56. The Bertz CT molecular complexity index is 1160. The Labute approximate surface area is 185 Å². The molecule has 1 N–H and O–H groups in total. The summed E-state index contributed by atoms with van der Waals surface area (Å²) in [5.41, 5.74) is 3.47. The first kappa shape index (κ1) is 21.7. The van der Waals surface area contributed by atoms with E-state index in [9.17, 15) is 13.2 Å². The lowest BCUT2D eigenvalue weighted by Crippen LogP contribution is -2.41. The number of carbonyl (C=O) groups excluding carboxylic acids is 1. The van der Waals surface area contributed by atoms with Crippen LogP contribution in [-0.2, 0) is 21.2 Å². The van der Waals surface area contributed by atoms with Crippen molar-refractivity contribution in [3.05, 3.63) is 58.3 Å². The number of sulfonamides is 1. The quantitative estimate of drug-likeness (QED) is 0.605. The summed E-state index contributed by atoms with van der Waals surface area (Å²) in [7, 11) is -3.48. The van der Waals surface area contributed by atoms with Crippen LogP contribution in [0, 0.1) is 19.8 Å². The molecule has 0 bridgehead atoms. The number of benzene rings is 1. The molecule has 31 heavy (non-hydrogen) atoms. The van der Waals surface area contributed by atoms with Crippen LogP contribution in [0.1, 0.15) is 35.4 Å². The first-order chi connectivity index (χ1) is 14.8. The van der Waals surface area contributed by atoms with Gasteiger partial charge in [-0.1, -0.05) is 29.4 Å². The molecule has 0 aliphatic carbocycles. The van der Waals surface area contributed by atoms with E-state index < -0.39 is 10.0 Å². The molecule has 1 fully saturated rings. The zero-order valence-corrected chi connectivity index (χ0v) is 19.0. The zero-order valence-electron chi connectivity index (χ0n) is 17.4. The fourth-order valence-corrected chi connectivity index (χ4v) is 6.18. The van der Waals surface area contributed by atoms with Gasteiger partial charge < -0.3 is 4.42 Å². The summed E-state index contributed by atoms with van der Waals surface area (Å²) in [5, 5.41) is 12.4. The highest BCUT2D eigenvalue weighted by atomic mass is 32.2. The number of piperidine rings is 1. The van der Waals surface area contributed by atoms with Gasteiger partial charge in [0.2, 0.25) is 11.8 Å². The van der Waals surface area contributed by atoms with Gasteiger partial charge in [-0.3, -0.25) is 10.1 Å². The Morgan fingerprint density at radius 2 is 1.97 bits per heavy atom. The predicted octanol–water partition coefficient (Wildman–Crippen LogP) is 3.38. The second kappa shape index (κ2) is 8.89. The molecule has 10 heteroatoms. The summed E-state index contributed by atoms with van der Waals surface area (Å²) >= 11 is 1.20. The Kier molecular flexibility index (Phi) is 6.22. The molecule has 0 unspecified atom stereocenters. The second-order valence-electron chi connectivity index (χ2n) is 7.70. The number of rotatable bonds is 6. The molecule has 3 heterocycles. The van der Waals surface area contributed by atoms with Gasteiger partial charge in [-0.25, -0.2) is 8.42 Å². The minimum atomic E-state index is -3.48. The van der Waals surface area contributed by atoms with Gasteiger partial charge in [0.15, 0.2) is 0 Å². The fraction of sp³-hybridized carbons (Fsp3) is 0.381. The highest BCUT2D eigenvalue weighted by molar-refractivity contribution is 7.91. The highest BCUT2D eigenvalue weighted by Crippen LogP contribution is 2.27. The van der Waals surface area contributed by atoms with Crippen molar-refractivity contribution in [3.63, 3.8) is 0 Å². The lowest BCUT2D eigenvalue weighted by molar-refractivity contribution is -0.121. The van der Waals surface area contributed by atoms with E-state index in [-0.39, 0.29) is 17.8 Å². The molecule has 3 aromatic rings. The number of amides is 1. The molecule has 1 aliphatic heterocycles. The van der Waals surface area contributed by atoms with Crippen molar-refractivity contribution >= 4 is 33.3 Å². The third-order valence-corrected chi connectivity index (χ3v) is 8.81. The maximum absolute atomic E-state index is 12.6. The molecule has 0 radical (unpaired) electrons. The van der Waals surface area contributed by atoms with Gasteiger partial charge in [0, 0.05) is 19.0 Å². The molecule has 1 aliphatic rings. The summed E-state index contributed by atoms with van der Waals surface area (Å²) in [5.74, 6) is -0.102. The average Bonchev–Trinajstić information content (AvgIpc) is 3.44. The number of nitrogens with zero attached hydrogens (tertiary/aromatic N) is 3. The molecule has 164 valence electrons. The van der Waals surface area contributed by atoms with Crippen molar-refractivity contribution < 1.29 is 17.6 Å². The Morgan fingerprint density at radius 1 is 1.19 bits per heavy atom. The monoisotopic (exact) mass is 460 g/mol. The summed E-state index contributed by atoms with van der Waals surface area (Å²) in [6.45, 7) is 4.72. The molecule has 0 atom stereocenters. The molecule has 2 aromatic heterocycles. The van der Waals surface area contributed by atoms with Crippen LogP contribution in [0.25, 0.3) is 0 Å². The van der Waals surface area contributed by atoms with E-state index >= 15 is 0 Å². The van der Waals surface area contributed by atoms with E-state index in [0.29, 0.717) is 42.5 Å². The molecular weight excluding hydrogens is 436 g/mol. The highest BCUT2D eigenvalue weighted by Gasteiger charge is 2.33. The van der Waals surface area contributed by atoms with E-state index in [4.69, 9.17) is 4.42 Å². The van der Waals surface area contributed by atoms with Crippen LogP contribution in [0.5, 0.6) is 0 Å². The molecule has 0 saturated carbocycles. The van der Waals surface area contributed by atoms with Crippen LogP contribution in [0.15, 0.2) is 44.3 Å². The summed E-state index contributed by atoms with van der Waals surface area (Å²) < 4.78 is 32.6. The summed E-state index contributed by atoms with van der Waals surface area (Å²) in [4.78, 5) is 12.6. The molecular formula is C21H24N4O4S2. The number of nitrogens with one attached hydrogen (secondary N) is 1. The van der Waals surface area contributed by atoms with E-state index in [2.05, 4.69) is 41.5 Å². The SMILES string of the molecule is Cc1ccc(Cc2nnc(NC(=O)C3CCN(S(=O)(=O)c4cccs4)CC3)o2)cc1C. The number of anilines is 1. The van der Waals surface area contributed by atoms with Gasteiger partial charge in [-0.2, -0.15) is 4.31 Å². The molecule has 1 aromatic carbocycles. The number of hydrogen-bond donors (Lipinski definition) is 1. The maximum atomic E-state index is 12.6. The molecule has 1 saturated heterocycles. The van der Waals surface area contributed by atoms with Crippen LogP contribution in [0.2, 0.25) is 0 Å². The van der Waals surface area contributed by atoms with Crippen molar-refractivity contribution in [1.82, 2.24) is 14.5 Å². The minimum absolute atomic E-state index is 0.0671. The van der Waals surface area contributed by atoms with E-state index in [1.807, 2.05) is 6.07 Å². The largest absolute Gasteiger partial charge is 0.407 e. The van der Waals surface area contributed by atoms with Crippen molar-refractivity contribution in [3.8, 4) is 0 Å². The number of thiophene rings is 1. The number of hydrogen-bond acceptors (Lipinski definition) is 7. The zero-order chi connectivity index (χ0) is 22.0. The van der Waals surface area contributed by atoms with Gasteiger partial charge in [0.05, 0.1) is 6.42 Å². The Morgan fingerprint density at radius 3 is 2.65 bits per heavy atom. The number of carbonyl (C=O) groups is 1. The van der Waals surface area contributed by atoms with Gasteiger partial charge in [-0.15, -0.1) is 16.4 Å². The number of aromatic nitrogens is 2. The third kappa shape index (κ3) is 4.86. The van der Waals surface area contributed by atoms with Crippen LogP contribution in [-0.4, -0.2) is 41.9 Å². The van der Waals surface area contributed by atoms with Gasteiger partial charge in [0.25, 0.3) is 10.0 Å². The fourth-order valence-electron chi connectivity index (χ4n) is 3.57. The first-order valence-corrected chi connectivity index (χ1v) is 12.4. The molecule has 0 spiro atoms.